The van der Waals surface area contributed by atoms with E-state index in [0.717, 1.165) is 10.5 Å². The Labute approximate surface area is 167 Å². The molecule has 1 fully saturated rings. The number of hydrogen-bond donors (Lipinski definition) is 1. The smallest absolute Gasteiger partial charge is 0.325 e. The molecule has 0 radical (unpaired) electrons. The van der Waals surface area contributed by atoms with Gasteiger partial charge in [-0.2, -0.15) is 0 Å². The lowest BCUT2D eigenvalue weighted by molar-refractivity contribution is -0.132. The van der Waals surface area contributed by atoms with Crippen molar-refractivity contribution in [2.24, 2.45) is 0 Å². The molecule has 29 heavy (non-hydrogen) atoms. The Morgan fingerprint density at radius 2 is 1.79 bits per heavy atom. The van der Waals surface area contributed by atoms with Crippen molar-refractivity contribution in [1.82, 2.24) is 20.4 Å². The number of ether oxygens (including phenoxy) is 1. The number of carbonyl (C=O) groups is 2. The summed E-state index contributed by atoms with van der Waals surface area (Å²) in [6.07, 6.45) is 0.430. The highest BCUT2D eigenvalue weighted by Gasteiger charge is 2.51. The first kappa shape index (κ1) is 18.7. The minimum atomic E-state index is -1.09. The summed E-state index contributed by atoms with van der Waals surface area (Å²) in [6, 6.07) is 15.9. The van der Waals surface area contributed by atoms with Gasteiger partial charge in [0.1, 0.15) is 17.8 Å². The molecule has 4 rings (SSSR count). The highest BCUT2D eigenvalue weighted by atomic mass is 16.5. The SMILES string of the molecule is CCC1(c2ccccc2)NC(=O)N(Cc2nnc(-c3ccc(OC)cc3)o2)C1=O. The second-order valence-electron chi connectivity index (χ2n) is 6.68. The average Bonchev–Trinajstić information content (AvgIpc) is 3.33. The molecule has 148 valence electrons. The number of rotatable bonds is 6. The lowest BCUT2D eigenvalue weighted by atomic mass is 9.87. The summed E-state index contributed by atoms with van der Waals surface area (Å²) < 4.78 is 10.8. The molecule has 1 aliphatic heterocycles. The van der Waals surface area contributed by atoms with Gasteiger partial charge in [-0.15, -0.1) is 10.2 Å². The summed E-state index contributed by atoms with van der Waals surface area (Å²) in [6.45, 7) is 1.77. The quantitative estimate of drug-likeness (QED) is 0.648. The molecule has 1 aromatic heterocycles. The van der Waals surface area contributed by atoms with Crippen LogP contribution in [0.15, 0.2) is 59.0 Å². The van der Waals surface area contributed by atoms with Gasteiger partial charge in [0, 0.05) is 5.56 Å². The van der Waals surface area contributed by atoms with Crippen LogP contribution in [0.25, 0.3) is 11.5 Å². The summed E-state index contributed by atoms with van der Waals surface area (Å²) in [7, 11) is 1.59. The zero-order valence-electron chi connectivity index (χ0n) is 16.1. The third-order valence-electron chi connectivity index (χ3n) is 5.07. The summed E-state index contributed by atoms with van der Waals surface area (Å²) in [5, 5.41) is 10.9. The minimum absolute atomic E-state index is 0.0948. The lowest BCUT2D eigenvalue weighted by Crippen LogP contribution is -2.43. The molecular formula is C21H20N4O4. The Balaban J connectivity index is 1.56. The van der Waals surface area contributed by atoms with Crippen molar-refractivity contribution in [2.45, 2.75) is 25.4 Å². The number of amides is 3. The molecule has 1 N–H and O–H groups in total. The lowest BCUT2D eigenvalue weighted by Gasteiger charge is -2.25. The second kappa shape index (κ2) is 7.38. The first-order valence-electron chi connectivity index (χ1n) is 9.24. The van der Waals surface area contributed by atoms with Gasteiger partial charge in [-0.1, -0.05) is 37.3 Å². The van der Waals surface area contributed by atoms with E-state index >= 15 is 0 Å². The van der Waals surface area contributed by atoms with Gasteiger partial charge in [0.15, 0.2) is 0 Å². The molecule has 8 nitrogen and oxygen atoms in total. The molecule has 0 bridgehead atoms. The van der Waals surface area contributed by atoms with Crippen LogP contribution in [0.2, 0.25) is 0 Å². The Hall–Kier alpha value is -3.68. The van der Waals surface area contributed by atoms with E-state index in [-0.39, 0.29) is 18.3 Å². The number of carbonyl (C=O) groups excluding carboxylic acids is 2. The number of benzene rings is 2. The number of aromatic nitrogens is 2. The highest BCUT2D eigenvalue weighted by molar-refractivity contribution is 6.07. The van der Waals surface area contributed by atoms with Crippen molar-refractivity contribution in [3.8, 4) is 17.2 Å². The fraction of sp³-hybridized carbons (Fsp3) is 0.238. The van der Waals surface area contributed by atoms with Crippen LogP contribution in [0.4, 0.5) is 4.79 Å². The average molecular weight is 392 g/mol. The van der Waals surface area contributed by atoms with Crippen molar-refractivity contribution >= 4 is 11.9 Å². The number of imide groups is 1. The summed E-state index contributed by atoms with van der Waals surface area (Å²) >= 11 is 0. The summed E-state index contributed by atoms with van der Waals surface area (Å²) in [5.41, 5.74) is 0.374. The molecule has 0 aliphatic carbocycles. The summed E-state index contributed by atoms with van der Waals surface area (Å²) in [4.78, 5) is 26.8. The first-order valence-corrected chi connectivity index (χ1v) is 9.24. The Morgan fingerprint density at radius 1 is 1.07 bits per heavy atom. The van der Waals surface area contributed by atoms with Gasteiger partial charge in [0.25, 0.3) is 5.91 Å². The number of urea groups is 1. The fourth-order valence-electron chi connectivity index (χ4n) is 3.43. The van der Waals surface area contributed by atoms with E-state index in [2.05, 4.69) is 15.5 Å². The third kappa shape index (κ3) is 3.22. The van der Waals surface area contributed by atoms with Crippen LogP contribution in [0.5, 0.6) is 5.75 Å². The van der Waals surface area contributed by atoms with Gasteiger partial charge in [-0.25, -0.2) is 4.79 Å². The predicted molar refractivity (Wildman–Crippen MR) is 104 cm³/mol. The number of nitrogens with zero attached hydrogens (tertiary/aromatic N) is 3. The van der Waals surface area contributed by atoms with Crippen LogP contribution in [-0.2, 0) is 16.9 Å². The maximum atomic E-state index is 13.2. The van der Waals surface area contributed by atoms with Crippen molar-refractivity contribution in [1.29, 1.82) is 0 Å². The third-order valence-corrected chi connectivity index (χ3v) is 5.07. The topological polar surface area (TPSA) is 97.6 Å². The molecule has 1 unspecified atom stereocenters. The van der Waals surface area contributed by atoms with Gasteiger partial charge < -0.3 is 14.5 Å². The molecule has 1 atom stereocenters. The van der Waals surface area contributed by atoms with Crippen LogP contribution in [0.3, 0.4) is 0 Å². The Bertz CT molecular complexity index is 1030. The van der Waals surface area contributed by atoms with Crippen molar-refractivity contribution in [3.05, 3.63) is 66.1 Å². The van der Waals surface area contributed by atoms with Crippen molar-refractivity contribution in [2.75, 3.05) is 7.11 Å². The number of hydrogen-bond acceptors (Lipinski definition) is 6. The van der Waals surface area contributed by atoms with E-state index in [0.29, 0.717) is 23.6 Å². The summed E-state index contributed by atoms with van der Waals surface area (Å²) in [5.74, 6) is 0.865. The Kier molecular flexibility index (Phi) is 4.75. The Morgan fingerprint density at radius 3 is 2.45 bits per heavy atom. The second-order valence-corrected chi connectivity index (χ2v) is 6.68. The van der Waals surface area contributed by atoms with E-state index in [9.17, 15) is 9.59 Å². The number of methoxy groups -OCH3 is 1. The van der Waals surface area contributed by atoms with Gasteiger partial charge in [0.05, 0.1) is 7.11 Å². The molecular weight excluding hydrogens is 372 g/mol. The maximum Gasteiger partial charge on any atom is 0.325 e. The molecule has 2 heterocycles. The first-order chi connectivity index (χ1) is 14.1. The highest BCUT2D eigenvalue weighted by Crippen LogP contribution is 2.33. The van der Waals surface area contributed by atoms with Gasteiger partial charge in [-0.3, -0.25) is 9.69 Å². The molecule has 8 heteroatoms. The molecule has 3 amide bonds. The minimum Gasteiger partial charge on any atom is -0.497 e. The zero-order valence-corrected chi connectivity index (χ0v) is 16.1. The van der Waals surface area contributed by atoms with E-state index in [1.807, 2.05) is 37.3 Å². The molecule has 3 aromatic rings. The van der Waals surface area contributed by atoms with Crippen LogP contribution in [0.1, 0.15) is 24.8 Å². The number of nitrogens with one attached hydrogen (secondary N) is 1. The maximum absolute atomic E-state index is 13.2. The standard InChI is InChI=1S/C21H20N4O4/c1-3-21(15-7-5-4-6-8-15)19(26)25(20(27)22-21)13-17-23-24-18(29-17)14-9-11-16(28-2)12-10-14/h4-12H,3,13H2,1-2H3,(H,22,27). The molecule has 1 saturated heterocycles. The van der Waals surface area contributed by atoms with E-state index in [1.165, 1.54) is 0 Å². The van der Waals surface area contributed by atoms with Crippen molar-refractivity contribution < 1.29 is 18.7 Å². The normalized spacial score (nSPS) is 18.8. The van der Waals surface area contributed by atoms with E-state index in [1.54, 1.807) is 31.4 Å². The molecule has 0 spiro atoms. The van der Waals surface area contributed by atoms with E-state index in [4.69, 9.17) is 9.15 Å². The van der Waals surface area contributed by atoms with Gasteiger partial charge >= 0.3 is 6.03 Å². The zero-order chi connectivity index (χ0) is 20.4. The van der Waals surface area contributed by atoms with Crippen LogP contribution >= 0.6 is 0 Å². The van der Waals surface area contributed by atoms with Crippen molar-refractivity contribution in [3.63, 3.8) is 0 Å². The van der Waals surface area contributed by atoms with Crippen LogP contribution in [-0.4, -0.2) is 34.1 Å². The van der Waals surface area contributed by atoms with Gasteiger partial charge in [0.2, 0.25) is 11.8 Å². The predicted octanol–water partition coefficient (Wildman–Crippen LogP) is 3.10. The largest absolute Gasteiger partial charge is 0.497 e. The fourth-order valence-corrected chi connectivity index (χ4v) is 3.43. The van der Waals surface area contributed by atoms with Crippen LogP contribution < -0.4 is 10.1 Å². The van der Waals surface area contributed by atoms with Gasteiger partial charge in [-0.05, 0) is 36.2 Å². The monoisotopic (exact) mass is 392 g/mol. The molecule has 2 aromatic carbocycles. The van der Waals surface area contributed by atoms with E-state index < -0.39 is 11.6 Å². The van der Waals surface area contributed by atoms with Crippen LogP contribution in [0, 0.1) is 0 Å². The molecule has 1 aliphatic rings. The molecule has 0 saturated carbocycles.